The highest BCUT2D eigenvalue weighted by Crippen LogP contribution is 2.36. The molecule has 1 amide bonds. The number of carbonyl (C=O) groups is 1. The zero-order chi connectivity index (χ0) is 28.7. The van der Waals surface area contributed by atoms with E-state index < -0.39 is 0 Å². The van der Waals surface area contributed by atoms with E-state index in [9.17, 15) is 4.79 Å². The fourth-order valence-corrected chi connectivity index (χ4v) is 6.58. The maximum Gasteiger partial charge on any atom is 0.245 e. The van der Waals surface area contributed by atoms with E-state index in [1.165, 1.54) is 140 Å². The van der Waals surface area contributed by atoms with Crippen LogP contribution in [-0.4, -0.2) is 23.9 Å². The van der Waals surface area contributed by atoms with Crippen LogP contribution >= 0.6 is 0 Å². The first-order valence-corrected chi connectivity index (χ1v) is 16.8. The second-order valence-electron chi connectivity index (χ2n) is 12.2. The lowest BCUT2D eigenvalue weighted by Crippen LogP contribution is -2.32. The molecule has 0 aromatic heterocycles. The van der Waals surface area contributed by atoms with Crippen molar-refractivity contribution in [2.75, 3.05) is 13.1 Å². The lowest BCUT2D eigenvalue weighted by molar-refractivity contribution is -0.126. The van der Waals surface area contributed by atoms with Crippen molar-refractivity contribution in [2.45, 2.75) is 116 Å². The number of hydrogen-bond donors (Lipinski definition) is 0. The summed E-state index contributed by atoms with van der Waals surface area (Å²) in [4.78, 5) is 14.7. The van der Waals surface area contributed by atoms with Crippen LogP contribution in [0.4, 0.5) is 0 Å². The van der Waals surface area contributed by atoms with Crippen LogP contribution in [0.2, 0.25) is 0 Å². The molecule has 0 saturated carbocycles. The first-order valence-electron chi connectivity index (χ1n) is 16.8. The molecular weight excluding hydrogens is 498 g/mol. The van der Waals surface area contributed by atoms with Gasteiger partial charge in [0.2, 0.25) is 5.91 Å². The summed E-state index contributed by atoms with van der Waals surface area (Å²) in [5.74, 6) is 0.0590. The van der Waals surface area contributed by atoms with E-state index in [4.69, 9.17) is 0 Å². The van der Waals surface area contributed by atoms with Gasteiger partial charge < -0.3 is 4.90 Å². The Hall–Kier alpha value is -2.87. The standard InChI is InChI=1S/C39H53NO/c1-3-5-6-7-8-9-10-11-12-13-14-15-16-17-18-19-30-40(37(41)4-2)31-29-32-23-24-35-26-25-33-21-20-22-34-27-28-36(32)39(35)38(33)34/h4,20-28H,2-3,5-19,29-31H2,1H3. The maximum absolute atomic E-state index is 12.7. The molecule has 0 spiro atoms. The minimum Gasteiger partial charge on any atom is -0.339 e. The first kappa shape index (κ1) is 31.1. The molecule has 4 aromatic rings. The molecule has 0 aliphatic heterocycles. The van der Waals surface area contributed by atoms with Gasteiger partial charge in [-0.05, 0) is 56.8 Å². The Morgan fingerprint density at radius 1 is 0.610 bits per heavy atom. The second-order valence-corrected chi connectivity index (χ2v) is 12.2. The average molecular weight is 552 g/mol. The summed E-state index contributed by atoms with van der Waals surface area (Å²) < 4.78 is 0. The highest BCUT2D eigenvalue weighted by molar-refractivity contribution is 6.23. The Bertz CT molecular complexity index is 1320. The van der Waals surface area contributed by atoms with Crippen molar-refractivity contribution in [3.8, 4) is 0 Å². The molecule has 0 aliphatic carbocycles. The quantitative estimate of drug-likeness (QED) is 0.0573. The van der Waals surface area contributed by atoms with Crippen molar-refractivity contribution in [2.24, 2.45) is 0 Å². The summed E-state index contributed by atoms with van der Waals surface area (Å²) in [6.45, 7) is 7.64. The van der Waals surface area contributed by atoms with Crippen LogP contribution in [-0.2, 0) is 11.2 Å². The molecule has 4 aromatic carbocycles. The second kappa shape index (κ2) is 17.2. The molecule has 2 nitrogen and oxygen atoms in total. The molecule has 4 rings (SSSR count). The lowest BCUT2D eigenvalue weighted by atomic mass is 9.91. The van der Waals surface area contributed by atoms with Gasteiger partial charge in [-0.2, -0.15) is 0 Å². The fourth-order valence-electron chi connectivity index (χ4n) is 6.58. The van der Waals surface area contributed by atoms with Gasteiger partial charge in [0.15, 0.2) is 0 Å². The van der Waals surface area contributed by atoms with Gasteiger partial charge in [-0.15, -0.1) is 0 Å². The number of carbonyl (C=O) groups excluding carboxylic acids is 1. The number of benzene rings is 4. The Balaban J connectivity index is 1.14. The van der Waals surface area contributed by atoms with Gasteiger partial charge in [-0.1, -0.05) is 164 Å². The predicted octanol–water partition coefficient (Wildman–Crippen LogP) is 11.4. The van der Waals surface area contributed by atoms with Gasteiger partial charge in [0.25, 0.3) is 0 Å². The number of rotatable bonds is 21. The molecule has 41 heavy (non-hydrogen) atoms. The van der Waals surface area contributed by atoms with Gasteiger partial charge in [-0.25, -0.2) is 0 Å². The van der Waals surface area contributed by atoms with Gasteiger partial charge in [0.1, 0.15) is 0 Å². The molecule has 0 atom stereocenters. The Morgan fingerprint density at radius 3 is 1.66 bits per heavy atom. The molecule has 0 fully saturated rings. The van der Waals surface area contributed by atoms with Crippen LogP contribution in [0.5, 0.6) is 0 Å². The Kier molecular flexibility index (Phi) is 13.0. The summed E-state index contributed by atoms with van der Waals surface area (Å²) in [7, 11) is 0. The third kappa shape index (κ3) is 9.06. The van der Waals surface area contributed by atoms with Crippen LogP contribution in [0.25, 0.3) is 32.3 Å². The van der Waals surface area contributed by atoms with Crippen molar-refractivity contribution in [3.05, 3.63) is 72.8 Å². The highest BCUT2D eigenvalue weighted by Gasteiger charge is 2.14. The van der Waals surface area contributed by atoms with Crippen molar-refractivity contribution in [3.63, 3.8) is 0 Å². The first-order chi connectivity index (χ1) is 20.2. The molecule has 0 radical (unpaired) electrons. The Labute approximate surface area is 249 Å². The van der Waals surface area contributed by atoms with E-state index in [2.05, 4.69) is 68.1 Å². The predicted molar refractivity (Wildman–Crippen MR) is 180 cm³/mol. The third-order valence-electron chi connectivity index (χ3n) is 9.04. The van der Waals surface area contributed by atoms with E-state index in [1.54, 1.807) is 0 Å². The SMILES string of the molecule is C=CC(=O)N(CCCCCCCCCCCCCCCCCC)CCc1ccc2ccc3cccc4ccc1c2c34. The van der Waals surface area contributed by atoms with Crippen molar-refractivity contribution >= 4 is 38.2 Å². The van der Waals surface area contributed by atoms with E-state index in [0.717, 1.165) is 25.9 Å². The number of unbranched alkanes of at least 4 members (excludes halogenated alkanes) is 15. The van der Waals surface area contributed by atoms with Crippen molar-refractivity contribution in [1.29, 1.82) is 0 Å². The summed E-state index contributed by atoms with van der Waals surface area (Å²) in [6.07, 6.45) is 24.2. The lowest BCUT2D eigenvalue weighted by Gasteiger charge is -2.22. The summed E-state index contributed by atoms with van der Waals surface area (Å²) in [6, 6.07) is 20.0. The molecule has 0 unspecified atom stereocenters. The maximum atomic E-state index is 12.7. The van der Waals surface area contributed by atoms with Crippen LogP contribution in [0, 0.1) is 0 Å². The van der Waals surface area contributed by atoms with Crippen molar-refractivity contribution < 1.29 is 4.79 Å². The molecule has 0 heterocycles. The molecular formula is C39H53NO. The van der Waals surface area contributed by atoms with E-state index in [-0.39, 0.29) is 5.91 Å². The van der Waals surface area contributed by atoms with E-state index in [0.29, 0.717) is 0 Å². The van der Waals surface area contributed by atoms with E-state index >= 15 is 0 Å². The summed E-state index contributed by atoms with van der Waals surface area (Å²) >= 11 is 0. The molecule has 2 heteroatoms. The topological polar surface area (TPSA) is 20.3 Å². The van der Waals surface area contributed by atoms with Crippen LogP contribution in [0.15, 0.2) is 67.3 Å². The van der Waals surface area contributed by atoms with E-state index in [1.807, 2.05) is 4.90 Å². The number of nitrogens with zero attached hydrogens (tertiary/aromatic N) is 1. The molecule has 0 saturated heterocycles. The van der Waals surface area contributed by atoms with Crippen molar-refractivity contribution in [1.82, 2.24) is 4.90 Å². The zero-order valence-corrected chi connectivity index (χ0v) is 25.8. The fraction of sp³-hybridized carbons (Fsp3) is 0.513. The van der Waals surface area contributed by atoms with Gasteiger partial charge in [0.05, 0.1) is 0 Å². The normalized spacial score (nSPS) is 11.6. The van der Waals surface area contributed by atoms with Crippen LogP contribution in [0.1, 0.15) is 115 Å². The molecule has 0 aliphatic rings. The van der Waals surface area contributed by atoms with Crippen LogP contribution < -0.4 is 0 Å². The number of amides is 1. The minimum absolute atomic E-state index is 0.0590. The highest BCUT2D eigenvalue weighted by atomic mass is 16.2. The monoisotopic (exact) mass is 551 g/mol. The van der Waals surface area contributed by atoms with Crippen LogP contribution in [0.3, 0.4) is 0 Å². The third-order valence-corrected chi connectivity index (χ3v) is 9.04. The summed E-state index contributed by atoms with van der Waals surface area (Å²) in [5.41, 5.74) is 1.32. The molecule has 0 bridgehead atoms. The largest absolute Gasteiger partial charge is 0.339 e. The van der Waals surface area contributed by atoms with Gasteiger partial charge in [-0.3, -0.25) is 4.79 Å². The summed E-state index contributed by atoms with van der Waals surface area (Å²) in [5, 5.41) is 7.92. The van der Waals surface area contributed by atoms with Gasteiger partial charge >= 0.3 is 0 Å². The number of hydrogen-bond acceptors (Lipinski definition) is 1. The average Bonchev–Trinajstić information content (AvgIpc) is 3.01. The zero-order valence-electron chi connectivity index (χ0n) is 25.8. The van der Waals surface area contributed by atoms with Gasteiger partial charge in [0, 0.05) is 13.1 Å². The minimum atomic E-state index is 0.0590. The molecule has 0 N–H and O–H groups in total. The Morgan fingerprint density at radius 2 is 1.10 bits per heavy atom. The molecule has 220 valence electrons. The smallest absolute Gasteiger partial charge is 0.245 e.